The number of nitrogens with one attached hydrogen (secondary N) is 1. The third-order valence-corrected chi connectivity index (χ3v) is 6.16. The van der Waals surface area contributed by atoms with E-state index in [0.29, 0.717) is 40.1 Å². The molecule has 1 aliphatic heterocycles. The number of hydrogen-bond donors (Lipinski definition) is 1. The molecule has 33 heavy (non-hydrogen) atoms. The zero-order valence-corrected chi connectivity index (χ0v) is 19.7. The lowest BCUT2D eigenvalue weighted by Crippen LogP contribution is -2.45. The molecule has 1 aromatic heterocycles. The quantitative estimate of drug-likeness (QED) is 0.471. The van der Waals surface area contributed by atoms with Crippen molar-refractivity contribution in [3.63, 3.8) is 0 Å². The molecule has 0 aliphatic carbocycles. The van der Waals surface area contributed by atoms with E-state index in [1.807, 2.05) is 24.1 Å². The molecule has 0 bridgehead atoms. The lowest BCUT2D eigenvalue weighted by atomic mass is 10.0. The van der Waals surface area contributed by atoms with Gasteiger partial charge in [-0.25, -0.2) is 9.69 Å². The fraction of sp³-hybridized carbons (Fsp3) is 0.292. The first kappa shape index (κ1) is 23.3. The van der Waals surface area contributed by atoms with Gasteiger partial charge in [0.2, 0.25) is 0 Å². The summed E-state index contributed by atoms with van der Waals surface area (Å²) in [7, 11) is 0. The van der Waals surface area contributed by atoms with Gasteiger partial charge in [-0.2, -0.15) is 5.10 Å². The molecule has 1 amide bonds. The van der Waals surface area contributed by atoms with E-state index in [1.54, 1.807) is 35.0 Å². The molecule has 3 aromatic rings. The second-order valence-corrected chi connectivity index (χ2v) is 8.61. The predicted molar refractivity (Wildman–Crippen MR) is 128 cm³/mol. The van der Waals surface area contributed by atoms with Crippen molar-refractivity contribution in [3.8, 4) is 22.7 Å². The van der Waals surface area contributed by atoms with E-state index >= 15 is 0 Å². The Balaban J connectivity index is 1.82. The number of amides is 1. The molecule has 0 spiro atoms. The number of aromatic nitrogens is 2. The summed E-state index contributed by atoms with van der Waals surface area (Å²) in [5.41, 5.74) is 6.30. The number of ether oxygens (including phenoxy) is 1. The van der Waals surface area contributed by atoms with Gasteiger partial charge in [0.25, 0.3) is 12.4 Å². The highest BCUT2D eigenvalue weighted by molar-refractivity contribution is 6.35. The lowest BCUT2D eigenvalue weighted by Gasteiger charge is -2.26. The maximum atomic E-state index is 13.3. The third-order valence-electron chi connectivity index (χ3n) is 5.62. The van der Waals surface area contributed by atoms with Crippen LogP contribution in [0.1, 0.15) is 42.2 Å². The Bertz CT molecular complexity index is 1160. The highest BCUT2D eigenvalue weighted by Gasteiger charge is 2.26. The number of rotatable bonds is 7. The van der Waals surface area contributed by atoms with E-state index in [0.717, 1.165) is 42.8 Å². The van der Waals surface area contributed by atoms with Crippen molar-refractivity contribution in [3.05, 3.63) is 63.8 Å². The van der Waals surface area contributed by atoms with E-state index in [1.165, 1.54) is 6.42 Å². The van der Waals surface area contributed by atoms with E-state index in [4.69, 9.17) is 33.0 Å². The first-order chi connectivity index (χ1) is 16.0. The van der Waals surface area contributed by atoms with Crippen LogP contribution in [0.2, 0.25) is 10.0 Å². The number of benzene rings is 2. The predicted octanol–water partition coefficient (Wildman–Crippen LogP) is 5.07. The number of piperidine rings is 1. The average molecular weight is 487 g/mol. The van der Waals surface area contributed by atoms with Crippen molar-refractivity contribution >= 4 is 35.6 Å². The summed E-state index contributed by atoms with van der Waals surface area (Å²) in [5.74, 6) is 0.171. The molecule has 9 heteroatoms. The topological polar surface area (TPSA) is 76.5 Å². The van der Waals surface area contributed by atoms with Crippen LogP contribution in [-0.2, 0) is 11.2 Å². The molecule has 1 saturated heterocycles. The number of halogens is 2. The summed E-state index contributed by atoms with van der Waals surface area (Å²) in [6.45, 7) is 4.01. The van der Waals surface area contributed by atoms with Gasteiger partial charge in [-0.15, -0.1) is 0 Å². The Labute approximate surface area is 202 Å². The number of nitrogens with zero attached hydrogens (tertiary/aromatic N) is 3. The average Bonchev–Trinajstić information content (AvgIpc) is 3.20. The zero-order valence-electron chi connectivity index (χ0n) is 18.2. The van der Waals surface area contributed by atoms with Crippen molar-refractivity contribution in [2.45, 2.75) is 32.6 Å². The monoisotopic (exact) mass is 486 g/mol. The van der Waals surface area contributed by atoms with Crippen LogP contribution in [0.4, 0.5) is 0 Å². The first-order valence-corrected chi connectivity index (χ1v) is 11.6. The largest absolute Gasteiger partial charge is 0.429 e. The molecule has 4 rings (SSSR count). The summed E-state index contributed by atoms with van der Waals surface area (Å²) >= 11 is 12.6. The first-order valence-electron chi connectivity index (χ1n) is 10.9. The molecule has 2 heterocycles. The van der Waals surface area contributed by atoms with Crippen molar-refractivity contribution in [2.75, 3.05) is 13.1 Å². The van der Waals surface area contributed by atoms with Gasteiger partial charge in [-0.1, -0.05) is 36.5 Å². The van der Waals surface area contributed by atoms with Gasteiger partial charge < -0.3 is 4.74 Å². The van der Waals surface area contributed by atoms with Crippen LogP contribution in [0, 0.1) is 0 Å². The van der Waals surface area contributed by atoms with Gasteiger partial charge in [0.05, 0.1) is 16.4 Å². The molecule has 7 nitrogen and oxygen atoms in total. The molecule has 0 unspecified atom stereocenters. The van der Waals surface area contributed by atoms with E-state index in [9.17, 15) is 9.59 Å². The maximum absolute atomic E-state index is 13.3. The third kappa shape index (κ3) is 5.05. The van der Waals surface area contributed by atoms with Gasteiger partial charge in [-0.05, 0) is 61.7 Å². The number of hydrazine groups is 1. The summed E-state index contributed by atoms with van der Waals surface area (Å²) in [4.78, 5) is 23.9. The van der Waals surface area contributed by atoms with Gasteiger partial charge in [0, 0.05) is 29.2 Å². The Kier molecular flexibility index (Phi) is 7.33. The minimum Gasteiger partial charge on any atom is -0.429 e. The number of hydrogen-bond acceptors (Lipinski definition) is 5. The number of carbonyl (C=O) groups excluding carboxylic acids is 2. The smallest absolute Gasteiger partial charge is 0.298 e. The Hall–Kier alpha value is -2.87. The van der Waals surface area contributed by atoms with Crippen LogP contribution in [0.3, 0.4) is 0 Å². The van der Waals surface area contributed by atoms with E-state index < -0.39 is 0 Å². The normalized spacial score (nSPS) is 14.2. The fourth-order valence-electron chi connectivity index (χ4n) is 4.04. The molecular formula is C24H24Cl2N4O3. The SMILES string of the molecule is CCc1c(C(=O)NN2CCCCC2)nn(-c2ccc(Cl)cc2Cl)c1-c1ccc(OC=O)cc1. The molecule has 0 atom stereocenters. The second-order valence-electron chi connectivity index (χ2n) is 7.76. The van der Waals surface area contributed by atoms with Crippen LogP contribution in [0.25, 0.3) is 16.9 Å². The highest BCUT2D eigenvalue weighted by Crippen LogP contribution is 2.34. The van der Waals surface area contributed by atoms with Gasteiger partial charge in [0.15, 0.2) is 5.69 Å². The van der Waals surface area contributed by atoms with Gasteiger partial charge in [-0.3, -0.25) is 15.0 Å². The molecule has 172 valence electrons. The lowest BCUT2D eigenvalue weighted by molar-refractivity contribution is -0.120. The Morgan fingerprint density at radius 1 is 1.12 bits per heavy atom. The standard InChI is InChI=1S/C24H24Cl2N4O3/c1-2-19-22(24(32)28-29-12-4-3-5-13-29)27-30(21-11-8-17(25)14-20(21)26)23(19)16-6-9-18(10-7-16)33-15-31/h6-11,14-15H,2-5,12-13H2,1H3,(H,28,32). The van der Waals surface area contributed by atoms with Crippen molar-refractivity contribution in [1.82, 2.24) is 20.2 Å². The molecule has 0 saturated carbocycles. The summed E-state index contributed by atoms with van der Waals surface area (Å²) in [5, 5.41) is 7.58. The van der Waals surface area contributed by atoms with Gasteiger partial charge in [0.1, 0.15) is 5.75 Å². The molecule has 0 radical (unpaired) electrons. The number of carbonyl (C=O) groups is 2. The fourth-order valence-corrected chi connectivity index (χ4v) is 4.53. The Morgan fingerprint density at radius 3 is 2.48 bits per heavy atom. The molecule has 2 aromatic carbocycles. The van der Waals surface area contributed by atoms with Crippen LogP contribution in [0.5, 0.6) is 5.75 Å². The minimum atomic E-state index is -0.250. The molecule has 1 N–H and O–H groups in total. The molecule has 1 aliphatic rings. The second kappa shape index (κ2) is 10.4. The van der Waals surface area contributed by atoms with Crippen molar-refractivity contribution in [1.29, 1.82) is 0 Å². The summed E-state index contributed by atoms with van der Waals surface area (Å²) in [6, 6.07) is 12.2. The van der Waals surface area contributed by atoms with Crippen molar-refractivity contribution in [2.24, 2.45) is 0 Å². The van der Waals surface area contributed by atoms with E-state index in [2.05, 4.69) is 5.43 Å². The minimum absolute atomic E-state index is 0.250. The van der Waals surface area contributed by atoms with E-state index in [-0.39, 0.29) is 5.91 Å². The summed E-state index contributed by atoms with van der Waals surface area (Å²) in [6.07, 6.45) is 3.85. The Morgan fingerprint density at radius 2 is 1.85 bits per heavy atom. The highest BCUT2D eigenvalue weighted by atomic mass is 35.5. The van der Waals surface area contributed by atoms with Crippen LogP contribution >= 0.6 is 23.2 Å². The zero-order chi connectivity index (χ0) is 23.4. The summed E-state index contributed by atoms with van der Waals surface area (Å²) < 4.78 is 6.60. The van der Waals surface area contributed by atoms with Crippen molar-refractivity contribution < 1.29 is 14.3 Å². The van der Waals surface area contributed by atoms with Crippen LogP contribution in [-0.4, -0.2) is 40.3 Å². The maximum Gasteiger partial charge on any atom is 0.298 e. The molecule has 1 fully saturated rings. The molecular weight excluding hydrogens is 463 g/mol. The van der Waals surface area contributed by atoms with Gasteiger partial charge >= 0.3 is 0 Å². The van der Waals surface area contributed by atoms with Crippen LogP contribution in [0.15, 0.2) is 42.5 Å². The van der Waals surface area contributed by atoms with Crippen LogP contribution < -0.4 is 10.2 Å².